The van der Waals surface area contributed by atoms with Gasteiger partial charge in [0.1, 0.15) is 0 Å². The SMILES string of the molecule is CN1CCN(c2ccc(Cl)cc2NC(=O)c2ccc(NC(N)=O)cc2)CC1. The summed E-state index contributed by atoms with van der Waals surface area (Å²) in [6.45, 7) is 3.69. The molecule has 3 rings (SSSR count). The summed E-state index contributed by atoms with van der Waals surface area (Å²) in [6, 6.07) is 11.4. The molecule has 0 aromatic heterocycles. The van der Waals surface area contributed by atoms with E-state index in [1.807, 2.05) is 12.1 Å². The first-order chi connectivity index (χ1) is 12.9. The lowest BCUT2D eigenvalue weighted by Gasteiger charge is -2.35. The smallest absolute Gasteiger partial charge is 0.316 e. The predicted molar refractivity (Wildman–Crippen MR) is 109 cm³/mol. The van der Waals surface area contributed by atoms with Gasteiger partial charge < -0.3 is 26.2 Å². The summed E-state index contributed by atoms with van der Waals surface area (Å²) in [5, 5.41) is 5.97. The molecule has 3 amide bonds. The first kappa shape index (κ1) is 19.0. The van der Waals surface area contributed by atoms with Gasteiger partial charge >= 0.3 is 6.03 Å². The number of urea groups is 1. The number of hydrogen-bond acceptors (Lipinski definition) is 4. The first-order valence-electron chi connectivity index (χ1n) is 8.63. The molecule has 1 aliphatic rings. The highest BCUT2D eigenvalue weighted by atomic mass is 35.5. The summed E-state index contributed by atoms with van der Waals surface area (Å²) in [5.41, 5.74) is 7.71. The van der Waals surface area contributed by atoms with Gasteiger partial charge in [0.2, 0.25) is 0 Å². The molecule has 142 valence electrons. The number of carbonyl (C=O) groups excluding carboxylic acids is 2. The van der Waals surface area contributed by atoms with Crippen molar-refractivity contribution < 1.29 is 9.59 Å². The lowest BCUT2D eigenvalue weighted by atomic mass is 10.1. The molecule has 0 aliphatic carbocycles. The third-order valence-corrected chi connectivity index (χ3v) is 4.70. The molecule has 0 atom stereocenters. The third kappa shape index (κ3) is 4.90. The van der Waals surface area contributed by atoms with E-state index in [4.69, 9.17) is 17.3 Å². The first-order valence-corrected chi connectivity index (χ1v) is 9.01. The highest BCUT2D eigenvalue weighted by molar-refractivity contribution is 6.31. The molecule has 0 unspecified atom stereocenters. The molecule has 0 spiro atoms. The molecule has 2 aromatic carbocycles. The normalized spacial score (nSPS) is 14.7. The largest absolute Gasteiger partial charge is 0.367 e. The second-order valence-corrected chi connectivity index (χ2v) is 6.91. The Bertz CT molecular complexity index is 832. The summed E-state index contributed by atoms with van der Waals surface area (Å²) in [6.07, 6.45) is 0. The molecule has 1 aliphatic heterocycles. The maximum absolute atomic E-state index is 12.7. The van der Waals surface area contributed by atoms with Crippen LogP contribution in [0, 0.1) is 0 Å². The van der Waals surface area contributed by atoms with E-state index < -0.39 is 6.03 Å². The maximum atomic E-state index is 12.7. The Balaban J connectivity index is 1.77. The van der Waals surface area contributed by atoms with Gasteiger partial charge in [-0.15, -0.1) is 0 Å². The molecule has 0 saturated carbocycles. The molecule has 2 aromatic rings. The molecule has 1 saturated heterocycles. The van der Waals surface area contributed by atoms with Crippen molar-refractivity contribution in [3.05, 3.63) is 53.1 Å². The number of benzene rings is 2. The maximum Gasteiger partial charge on any atom is 0.316 e. The minimum absolute atomic E-state index is 0.252. The Morgan fingerprint density at radius 2 is 1.67 bits per heavy atom. The molecular formula is C19H22ClN5O2. The number of piperazine rings is 1. The Kier molecular flexibility index (Phi) is 5.83. The zero-order valence-electron chi connectivity index (χ0n) is 15.0. The molecule has 1 heterocycles. The number of rotatable bonds is 4. The average Bonchev–Trinajstić information content (AvgIpc) is 2.63. The van der Waals surface area contributed by atoms with Gasteiger partial charge in [-0.25, -0.2) is 4.79 Å². The highest BCUT2D eigenvalue weighted by Gasteiger charge is 2.18. The third-order valence-electron chi connectivity index (χ3n) is 4.47. The Morgan fingerprint density at radius 1 is 1.00 bits per heavy atom. The minimum Gasteiger partial charge on any atom is -0.367 e. The summed E-state index contributed by atoms with van der Waals surface area (Å²) in [4.78, 5) is 28.0. The van der Waals surface area contributed by atoms with Gasteiger partial charge in [0.25, 0.3) is 5.91 Å². The number of carbonyl (C=O) groups is 2. The summed E-state index contributed by atoms with van der Waals surface area (Å²) in [7, 11) is 2.10. The molecule has 4 N–H and O–H groups in total. The van der Waals surface area contributed by atoms with E-state index in [-0.39, 0.29) is 5.91 Å². The number of likely N-dealkylation sites (N-methyl/N-ethyl adjacent to an activating group) is 1. The van der Waals surface area contributed by atoms with E-state index in [1.165, 1.54) is 0 Å². The van der Waals surface area contributed by atoms with Crippen molar-refractivity contribution in [2.45, 2.75) is 0 Å². The number of nitrogens with one attached hydrogen (secondary N) is 2. The number of primary amides is 1. The van der Waals surface area contributed by atoms with Crippen LogP contribution in [0.5, 0.6) is 0 Å². The molecule has 1 fully saturated rings. The van der Waals surface area contributed by atoms with Crippen molar-refractivity contribution in [3.63, 3.8) is 0 Å². The standard InChI is InChI=1S/C19H22ClN5O2/c1-24-8-10-25(11-9-24)17-7-4-14(20)12-16(17)23-18(26)13-2-5-15(6-3-13)22-19(21)27/h2-7,12H,8-11H2,1H3,(H,23,26)(H3,21,22,27). The van der Waals surface area contributed by atoms with Crippen LogP contribution < -0.4 is 21.3 Å². The van der Waals surface area contributed by atoms with Gasteiger partial charge in [0.15, 0.2) is 0 Å². The van der Waals surface area contributed by atoms with Crippen LogP contribution in [0.25, 0.3) is 0 Å². The van der Waals surface area contributed by atoms with E-state index in [0.29, 0.717) is 22.0 Å². The van der Waals surface area contributed by atoms with Gasteiger partial charge in [-0.1, -0.05) is 11.6 Å². The Morgan fingerprint density at radius 3 is 2.30 bits per heavy atom. The number of halogens is 1. The van der Waals surface area contributed by atoms with Gasteiger partial charge in [-0.05, 0) is 49.5 Å². The van der Waals surface area contributed by atoms with Gasteiger partial charge in [-0.2, -0.15) is 0 Å². The topological polar surface area (TPSA) is 90.7 Å². The van der Waals surface area contributed by atoms with Gasteiger partial charge in [0, 0.05) is 42.5 Å². The monoisotopic (exact) mass is 387 g/mol. The fraction of sp³-hybridized carbons (Fsp3) is 0.263. The molecule has 27 heavy (non-hydrogen) atoms. The molecule has 0 bridgehead atoms. The van der Waals surface area contributed by atoms with Crippen LogP contribution in [-0.4, -0.2) is 50.1 Å². The quantitative estimate of drug-likeness (QED) is 0.752. The van der Waals surface area contributed by atoms with Crippen LogP contribution in [0.1, 0.15) is 10.4 Å². The van der Waals surface area contributed by atoms with Crippen molar-refractivity contribution in [2.75, 3.05) is 48.8 Å². The number of nitrogens with zero attached hydrogens (tertiary/aromatic N) is 2. The zero-order chi connectivity index (χ0) is 19.4. The van der Waals surface area contributed by atoms with E-state index in [2.05, 4.69) is 27.5 Å². The number of anilines is 3. The number of nitrogens with two attached hydrogens (primary N) is 1. The van der Waals surface area contributed by atoms with E-state index in [1.54, 1.807) is 30.3 Å². The van der Waals surface area contributed by atoms with Crippen LogP contribution in [-0.2, 0) is 0 Å². The fourth-order valence-corrected chi connectivity index (χ4v) is 3.15. The second kappa shape index (κ2) is 8.28. The molecule has 8 heteroatoms. The van der Waals surface area contributed by atoms with Crippen molar-refractivity contribution in [1.29, 1.82) is 0 Å². The van der Waals surface area contributed by atoms with Crippen molar-refractivity contribution in [2.24, 2.45) is 5.73 Å². The van der Waals surface area contributed by atoms with Crippen LogP contribution in [0.4, 0.5) is 21.9 Å². The number of hydrogen-bond donors (Lipinski definition) is 3. The average molecular weight is 388 g/mol. The second-order valence-electron chi connectivity index (χ2n) is 6.47. The van der Waals surface area contributed by atoms with Crippen molar-refractivity contribution >= 4 is 40.6 Å². The van der Waals surface area contributed by atoms with Gasteiger partial charge in [0.05, 0.1) is 11.4 Å². The lowest BCUT2D eigenvalue weighted by molar-refractivity contribution is 0.102. The Hall–Kier alpha value is -2.77. The van der Waals surface area contributed by atoms with Crippen molar-refractivity contribution in [3.8, 4) is 0 Å². The summed E-state index contributed by atoms with van der Waals surface area (Å²) >= 11 is 6.15. The molecule has 0 radical (unpaired) electrons. The number of amides is 3. The van der Waals surface area contributed by atoms with E-state index in [0.717, 1.165) is 31.9 Å². The fourth-order valence-electron chi connectivity index (χ4n) is 2.97. The van der Waals surface area contributed by atoms with Gasteiger partial charge in [-0.3, -0.25) is 4.79 Å². The molecular weight excluding hydrogens is 366 g/mol. The predicted octanol–water partition coefficient (Wildman–Crippen LogP) is 2.83. The van der Waals surface area contributed by atoms with Crippen molar-refractivity contribution in [1.82, 2.24) is 4.90 Å². The van der Waals surface area contributed by atoms with Crippen LogP contribution >= 0.6 is 11.6 Å². The summed E-state index contributed by atoms with van der Waals surface area (Å²) in [5.74, 6) is -0.252. The van der Waals surface area contributed by atoms with Crippen LogP contribution in [0.2, 0.25) is 5.02 Å². The highest BCUT2D eigenvalue weighted by Crippen LogP contribution is 2.30. The molecule has 7 nitrogen and oxygen atoms in total. The lowest BCUT2D eigenvalue weighted by Crippen LogP contribution is -2.44. The van der Waals surface area contributed by atoms with E-state index >= 15 is 0 Å². The summed E-state index contributed by atoms with van der Waals surface area (Å²) < 4.78 is 0. The minimum atomic E-state index is -0.650. The van der Waals surface area contributed by atoms with E-state index in [9.17, 15) is 9.59 Å². The van der Waals surface area contributed by atoms with Crippen LogP contribution in [0.3, 0.4) is 0 Å². The zero-order valence-corrected chi connectivity index (χ0v) is 15.8. The Labute approximate surface area is 163 Å². The van der Waals surface area contributed by atoms with Crippen LogP contribution in [0.15, 0.2) is 42.5 Å².